The van der Waals surface area contributed by atoms with Crippen LogP contribution in [0, 0.1) is 5.82 Å². The lowest BCUT2D eigenvalue weighted by Crippen LogP contribution is -2.19. The van der Waals surface area contributed by atoms with Crippen molar-refractivity contribution >= 4 is 29.1 Å². The zero-order valence-electron chi connectivity index (χ0n) is 12.3. The summed E-state index contributed by atoms with van der Waals surface area (Å²) in [7, 11) is 0. The molecule has 1 aromatic carbocycles. The largest absolute Gasteiger partial charge is 0.382 e. The molecule has 0 fully saturated rings. The quantitative estimate of drug-likeness (QED) is 0.755. The Hall–Kier alpha value is -3.00. The number of hydrogen-bond donors (Lipinski definition) is 2. The SMILES string of the molecule is Nc1nccnc1C(=O)Nc1ccnn1Cc1ccc(Cl)c(F)c1. The Kier molecular flexibility index (Phi) is 4.39. The van der Waals surface area contributed by atoms with Crippen LogP contribution >= 0.6 is 11.6 Å². The number of nitrogen functional groups attached to an aromatic ring is 1. The van der Waals surface area contributed by atoms with E-state index in [9.17, 15) is 9.18 Å². The first-order valence-corrected chi connectivity index (χ1v) is 7.26. The normalized spacial score (nSPS) is 10.6. The third-order valence-electron chi connectivity index (χ3n) is 3.22. The summed E-state index contributed by atoms with van der Waals surface area (Å²) < 4.78 is 15.0. The smallest absolute Gasteiger partial charge is 0.279 e. The second-order valence-electron chi connectivity index (χ2n) is 4.87. The summed E-state index contributed by atoms with van der Waals surface area (Å²) in [4.78, 5) is 19.9. The lowest BCUT2D eigenvalue weighted by Gasteiger charge is -2.10. The Balaban J connectivity index is 1.79. The summed E-state index contributed by atoms with van der Waals surface area (Å²) in [6, 6.07) is 6.07. The monoisotopic (exact) mass is 346 g/mol. The second kappa shape index (κ2) is 6.63. The fourth-order valence-corrected chi connectivity index (χ4v) is 2.19. The minimum Gasteiger partial charge on any atom is -0.382 e. The average molecular weight is 347 g/mol. The zero-order chi connectivity index (χ0) is 17.1. The molecule has 0 aliphatic rings. The predicted molar refractivity (Wildman–Crippen MR) is 87.1 cm³/mol. The van der Waals surface area contributed by atoms with Crippen molar-refractivity contribution in [3.8, 4) is 0 Å². The van der Waals surface area contributed by atoms with Gasteiger partial charge in [-0.3, -0.25) is 4.79 Å². The van der Waals surface area contributed by atoms with Crippen LogP contribution in [0.4, 0.5) is 16.0 Å². The van der Waals surface area contributed by atoms with Crippen molar-refractivity contribution < 1.29 is 9.18 Å². The molecule has 0 unspecified atom stereocenters. The number of halogens is 2. The van der Waals surface area contributed by atoms with Crippen molar-refractivity contribution in [3.05, 3.63) is 65.0 Å². The van der Waals surface area contributed by atoms with Gasteiger partial charge < -0.3 is 11.1 Å². The molecular weight excluding hydrogens is 335 g/mol. The fourth-order valence-electron chi connectivity index (χ4n) is 2.08. The molecular formula is C15H12ClFN6O. The van der Waals surface area contributed by atoms with E-state index >= 15 is 0 Å². The zero-order valence-corrected chi connectivity index (χ0v) is 13.0. The van der Waals surface area contributed by atoms with E-state index in [1.807, 2.05) is 0 Å². The molecule has 0 aliphatic heterocycles. The number of hydrogen-bond acceptors (Lipinski definition) is 5. The van der Waals surface area contributed by atoms with Gasteiger partial charge in [-0.25, -0.2) is 19.0 Å². The molecule has 0 saturated carbocycles. The Morgan fingerprint density at radius 1 is 1.25 bits per heavy atom. The Bertz CT molecular complexity index is 897. The molecule has 0 bridgehead atoms. The maximum Gasteiger partial charge on any atom is 0.279 e. The van der Waals surface area contributed by atoms with Gasteiger partial charge in [-0.1, -0.05) is 17.7 Å². The molecule has 3 N–H and O–H groups in total. The number of amides is 1. The summed E-state index contributed by atoms with van der Waals surface area (Å²) in [5.74, 6) is -0.579. The number of nitrogens with zero attached hydrogens (tertiary/aromatic N) is 4. The van der Waals surface area contributed by atoms with E-state index < -0.39 is 11.7 Å². The molecule has 2 heterocycles. The molecule has 0 spiro atoms. The molecule has 0 atom stereocenters. The molecule has 24 heavy (non-hydrogen) atoms. The van der Waals surface area contributed by atoms with Gasteiger partial charge in [0.05, 0.1) is 17.8 Å². The van der Waals surface area contributed by atoms with E-state index in [1.165, 1.54) is 35.4 Å². The lowest BCUT2D eigenvalue weighted by atomic mass is 10.2. The van der Waals surface area contributed by atoms with E-state index in [1.54, 1.807) is 12.1 Å². The van der Waals surface area contributed by atoms with E-state index in [4.69, 9.17) is 17.3 Å². The van der Waals surface area contributed by atoms with E-state index in [0.717, 1.165) is 0 Å². The van der Waals surface area contributed by atoms with Crippen molar-refractivity contribution in [1.29, 1.82) is 0 Å². The van der Waals surface area contributed by atoms with E-state index in [0.29, 0.717) is 11.4 Å². The van der Waals surface area contributed by atoms with Crippen LogP contribution in [0.25, 0.3) is 0 Å². The molecule has 1 amide bonds. The molecule has 2 aromatic heterocycles. The molecule has 3 rings (SSSR count). The number of anilines is 2. The van der Waals surface area contributed by atoms with Crippen LogP contribution < -0.4 is 11.1 Å². The minimum absolute atomic E-state index is 0.0165. The Morgan fingerprint density at radius 3 is 2.79 bits per heavy atom. The molecule has 3 aromatic rings. The van der Waals surface area contributed by atoms with Crippen LogP contribution in [0.15, 0.2) is 42.9 Å². The van der Waals surface area contributed by atoms with Crippen molar-refractivity contribution in [2.45, 2.75) is 6.54 Å². The third kappa shape index (κ3) is 3.33. The average Bonchev–Trinajstić information content (AvgIpc) is 2.98. The maximum atomic E-state index is 13.5. The molecule has 7 nitrogen and oxygen atoms in total. The second-order valence-corrected chi connectivity index (χ2v) is 5.27. The number of aromatic nitrogens is 4. The first-order valence-electron chi connectivity index (χ1n) is 6.88. The van der Waals surface area contributed by atoms with Crippen LogP contribution in [-0.2, 0) is 6.54 Å². The van der Waals surface area contributed by atoms with Gasteiger partial charge in [0.25, 0.3) is 5.91 Å². The van der Waals surface area contributed by atoms with Crippen LogP contribution in [-0.4, -0.2) is 25.7 Å². The number of nitrogens with two attached hydrogens (primary N) is 1. The summed E-state index contributed by atoms with van der Waals surface area (Å²) in [5.41, 5.74) is 6.30. The Labute approximate surface area is 141 Å². The van der Waals surface area contributed by atoms with Gasteiger partial charge in [-0.2, -0.15) is 5.10 Å². The highest BCUT2D eigenvalue weighted by Gasteiger charge is 2.14. The van der Waals surface area contributed by atoms with Crippen LogP contribution in [0.3, 0.4) is 0 Å². The molecule has 0 radical (unpaired) electrons. The van der Waals surface area contributed by atoms with Gasteiger partial charge >= 0.3 is 0 Å². The van der Waals surface area contributed by atoms with Gasteiger partial charge in [0.1, 0.15) is 11.6 Å². The maximum absolute atomic E-state index is 13.5. The van der Waals surface area contributed by atoms with Crippen LogP contribution in [0.5, 0.6) is 0 Å². The van der Waals surface area contributed by atoms with Crippen molar-refractivity contribution in [1.82, 2.24) is 19.7 Å². The van der Waals surface area contributed by atoms with Crippen molar-refractivity contribution in [2.24, 2.45) is 0 Å². The molecule has 122 valence electrons. The van der Waals surface area contributed by atoms with Gasteiger partial charge in [-0.15, -0.1) is 0 Å². The standard InChI is InChI=1S/C15H12ClFN6O/c16-10-2-1-9(7-11(10)17)8-23-12(3-4-21-23)22-15(24)13-14(18)20-6-5-19-13/h1-7H,8H2,(H2,18,20)(H,22,24). The number of carbonyl (C=O) groups excluding carboxylic acids is 1. The predicted octanol–water partition coefficient (Wildman–Crippen LogP) is 2.35. The highest BCUT2D eigenvalue weighted by Crippen LogP contribution is 2.18. The summed E-state index contributed by atoms with van der Waals surface area (Å²) in [5, 5.41) is 6.81. The molecule has 9 heteroatoms. The van der Waals surface area contributed by atoms with E-state index in [-0.39, 0.29) is 23.1 Å². The van der Waals surface area contributed by atoms with Gasteiger partial charge in [0.15, 0.2) is 11.5 Å². The van der Waals surface area contributed by atoms with Gasteiger partial charge in [0.2, 0.25) is 0 Å². The van der Waals surface area contributed by atoms with Gasteiger partial charge in [0, 0.05) is 18.5 Å². The summed E-state index contributed by atoms with van der Waals surface area (Å²) in [6.45, 7) is 0.257. The first-order chi connectivity index (χ1) is 11.5. The number of nitrogens with one attached hydrogen (secondary N) is 1. The van der Waals surface area contributed by atoms with Crippen LogP contribution in [0.2, 0.25) is 5.02 Å². The Morgan fingerprint density at radius 2 is 2.04 bits per heavy atom. The molecule has 0 saturated heterocycles. The van der Waals surface area contributed by atoms with Crippen molar-refractivity contribution in [2.75, 3.05) is 11.1 Å². The first kappa shape index (κ1) is 15.9. The third-order valence-corrected chi connectivity index (χ3v) is 3.52. The molecule has 0 aliphatic carbocycles. The number of benzene rings is 1. The topological polar surface area (TPSA) is 98.7 Å². The summed E-state index contributed by atoms with van der Waals surface area (Å²) >= 11 is 5.67. The lowest BCUT2D eigenvalue weighted by molar-refractivity contribution is 0.102. The van der Waals surface area contributed by atoms with Crippen molar-refractivity contribution in [3.63, 3.8) is 0 Å². The van der Waals surface area contributed by atoms with Gasteiger partial charge in [-0.05, 0) is 17.7 Å². The highest BCUT2D eigenvalue weighted by atomic mass is 35.5. The minimum atomic E-state index is -0.515. The number of carbonyl (C=O) groups is 1. The highest BCUT2D eigenvalue weighted by molar-refractivity contribution is 6.30. The van der Waals surface area contributed by atoms with Crippen LogP contribution in [0.1, 0.15) is 16.1 Å². The fraction of sp³-hybridized carbons (Fsp3) is 0.0667. The summed E-state index contributed by atoms with van der Waals surface area (Å²) in [6.07, 6.45) is 4.28. The number of rotatable bonds is 4. The van der Waals surface area contributed by atoms with E-state index in [2.05, 4.69) is 20.4 Å².